The average Bonchev–Trinajstić information content (AvgIpc) is 2.18. The molecule has 1 aliphatic heterocycles. The molecule has 2 fully saturated rings. The summed E-state index contributed by atoms with van der Waals surface area (Å²) in [6.45, 7) is 3.38. The van der Waals surface area contributed by atoms with Gasteiger partial charge in [0.15, 0.2) is 0 Å². The zero-order valence-corrected chi connectivity index (χ0v) is 8.44. The number of nitrogens with one attached hydrogen (secondary N) is 1. The highest BCUT2D eigenvalue weighted by Gasteiger charge is 2.42. The molecular weight excluding hydrogens is 162 g/mol. The lowest BCUT2D eigenvalue weighted by Crippen LogP contribution is -2.53. The Morgan fingerprint density at radius 1 is 1.54 bits per heavy atom. The quantitative estimate of drug-likeness (QED) is 0.669. The first kappa shape index (κ1) is 9.20. The molecule has 2 aliphatic rings. The van der Waals surface area contributed by atoms with Crippen LogP contribution in [-0.4, -0.2) is 18.4 Å². The second-order valence-corrected chi connectivity index (χ2v) is 4.57. The smallest absolute Gasteiger partial charge is 0.134 e. The van der Waals surface area contributed by atoms with Gasteiger partial charge in [-0.1, -0.05) is 6.92 Å². The van der Waals surface area contributed by atoms with Gasteiger partial charge in [-0.25, -0.2) is 0 Å². The molecule has 13 heavy (non-hydrogen) atoms. The van der Waals surface area contributed by atoms with Crippen molar-refractivity contribution in [1.82, 2.24) is 5.32 Å². The number of piperidine rings is 1. The third-order valence-electron chi connectivity index (χ3n) is 4.02. The van der Waals surface area contributed by atoms with Gasteiger partial charge in [-0.05, 0) is 37.6 Å². The summed E-state index contributed by atoms with van der Waals surface area (Å²) in [6.07, 6.45) is 6.59. The van der Waals surface area contributed by atoms with E-state index in [1.807, 2.05) is 0 Å². The van der Waals surface area contributed by atoms with Crippen molar-refractivity contribution in [3.8, 4) is 0 Å². The Labute approximate surface area is 80.1 Å². The number of rotatable bonds is 1. The van der Waals surface area contributed by atoms with Crippen LogP contribution >= 0.6 is 0 Å². The lowest BCUT2D eigenvalue weighted by atomic mass is 9.64. The highest BCUT2D eigenvalue weighted by Crippen LogP contribution is 2.43. The van der Waals surface area contributed by atoms with E-state index in [-0.39, 0.29) is 0 Å². The third kappa shape index (κ3) is 1.52. The molecule has 74 valence electrons. The lowest BCUT2D eigenvalue weighted by molar-refractivity contribution is -0.124. The Morgan fingerprint density at radius 2 is 2.38 bits per heavy atom. The van der Waals surface area contributed by atoms with Crippen molar-refractivity contribution in [3.05, 3.63) is 0 Å². The van der Waals surface area contributed by atoms with Crippen molar-refractivity contribution in [1.29, 1.82) is 0 Å². The minimum Gasteiger partial charge on any atom is -0.313 e. The molecule has 0 radical (unpaired) electrons. The molecule has 1 aliphatic carbocycles. The van der Waals surface area contributed by atoms with E-state index < -0.39 is 0 Å². The van der Waals surface area contributed by atoms with E-state index in [2.05, 4.69) is 12.2 Å². The van der Waals surface area contributed by atoms with E-state index in [4.69, 9.17) is 0 Å². The second kappa shape index (κ2) is 3.41. The van der Waals surface area contributed by atoms with E-state index in [1.165, 1.54) is 19.3 Å². The minimum absolute atomic E-state index is 0.462. The van der Waals surface area contributed by atoms with Crippen LogP contribution in [0.3, 0.4) is 0 Å². The van der Waals surface area contributed by atoms with Gasteiger partial charge in [0.1, 0.15) is 5.78 Å². The second-order valence-electron chi connectivity index (χ2n) is 4.57. The molecule has 1 saturated heterocycles. The minimum atomic E-state index is 0.462. The zero-order chi connectivity index (χ0) is 9.31. The first-order valence-corrected chi connectivity index (χ1v) is 5.52. The van der Waals surface area contributed by atoms with Crippen LogP contribution in [-0.2, 0) is 4.79 Å². The third-order valence-corrected chi connectivity index (χ3v) is 4.02. The van der Waals surface area contributed by atoms with Gasteiger partial charge >= 0.3 is 0 Å². The largest absolute Gasteiger partial charge is 0.313 e. The Bertz CT molecular complexity index is 214. The standard InChI is InChI=1S/C11H19NO/c1-2-11-5-3-7-12-10(11)8-9(13)4-6-11/h10,12H,2-8H2,1H3/t10-,11+/m1/s1. The maximum atomic E-state index is 11.3. The summed E-state index contributed by atoms with van der Waals surface area (Å²) in [5.41, 5.74) is 0.464. The van der Waals surface area contributed by atoms with Crippen LogP contribution in [0.15, 0.2) is 0 Å². The fraction of sp³-hybridized carbons (Fsp3) is 0.909. The predicted octanol–water partition coefficient (Wildman–Crippen LogP) is 1.89. The fourth-order valence-electron chi connectivity index (χ4n) is 3.01. The molecule has 0 amide bonds. The van der Waals surface area contributed by atoms with Crippen molar-refractivity contribution < 1.29 is 4.79 Å². The van der Waals surface area contributed by atoms with Gasteiger partial charge in [0, 0.05) is 18.9 Å². The number of Topliss-reactive ketones (excluding diaryl/α,β-unsaturated/α-hetero) is 1. The molecule has 0 aromatic rings. The Balaban J connectivity index is 2.14. The van der Waals surface area contributed by atoms with Crippen molar-refractivity contribution in [3.63, 3.8) is 0 Å². The summed E-state index contributed by atoms with van der Waals surface area (Å²) in [6, 6.07) is 0.493. The maximum Gasteiger partial charge on any atom is 0.134 e. The first-order valence-electron chi connectivity index (χ1n) is 5.52. The predicted molar refractivity (Wildman–Crippen MR) is 52.6 cm³/mol. The SMILES string of the molecule is CC[C@@]12CCCN[C@@H]1CC(=O)CC2. The molecule has 0 aromatic carbocycles. The van der Waals surface area contributed by atoms with Crippen LogP contribution in [0.5, 0.6) is 0 Å². The van der Waals surface area contributed by atoms with Gasteiger partial charge in [-0.2, -0.15) is 0 Å². The summed E-state index contributed by atoms with van der Waals surface area (Å²) in [5, 5.41) is 3.52. The molecule has 0 bridgehead atoms. The van der Waals surface area contributed by atoms with Crippen molar-refractivity contribution in [2.45, 2.75) is 51.5 Å². The number of ketones is 1. The molecule has 1 heterocycles. The number of carbonyl (C=O) groups is 1. The fourth-order valence-corrected chi connectivity index (χ4v) is 3.01. The molecule has 0 unspecified atom stereocenters. The van der Waals surface area contributed by atoms with Crippen LogP contribution in [0.2, 0.25) is 0 Å². The number of fused-ring (bicyclic) bond motifs is 1. The van der Waals surface area contributed by atoms with Crippen molar-refractivity contribution in [2.75, 3.05) is 6.54 Å². The first-order chi connectivity index (χ1) is 6.27. The van der Waals surface area contributed by atoms with Gasteiger partial charge in [0.05, 0.1) is 0 Å². The molecule has 1 saturated carbocycles. The van der Waals surface area contributed by atoms with E-state index in [0.29, 0.717) is 17.2 Å². The molecule has 2 heteroatoms. The van der Waals surface area contributed by atoms with Crippen molar-refractivity contribution >= 4 is 5.78 Å². The van der Waals surface area contributed by atoms with Crippen LogP contribution in [0.4, 0.5) is 0 Å². The summed E-state index contributed by atoms with van der Waals surface area (Å²) >= 11 is 0. The number of hydrogen-bond donors (Lipinski definition) is 1. The van der Waals surface area contributed by atoms with Gasteiger partial charge in [-0.15, -0.1) is 0 Å². The molecule has 2 nitrogen and oxygen atoms in total. The molecular formula is C11H19NO. The van der Waals surface area contributed by atoms with Crippen LogP contribution in [0.25, 0.3) is 0 Å². The average molecular weight is 181 g/mol. The Kier molecular flexibility index (Phi) is 2.41. The Morgan fingerprint density at radius 3 is 3.15 bits per heavy atom. The number of hydrogen-bond acceptors (Lipinski definition) is 2. The monoisotopic (exact) mass is 181 g/mol. The summed E-state index contributed by atoms with van der Waals surface area (Å²) in [5.74, 6) is 0.462. The molecule has 1 N–H and O–H groups in total. The summed E-state index contributed by atoms with van der Waals surface area (Å²) in [7, 11) is 0. The van der Waals surface area contributed by atoms with Gasteiger partial charge < -0.3 is 5.32 Å². The van der Waals surface area contributed by atoms with E-state index >= 15 is 0 Å². The van der Waals surface area contributed by atoms with E-state index in [0.717, 1.165) is 25.8 Å². The molecule has 2 atom stereocenters. The van der Waals surface area contributed by atoms with Crippen LogP contribution in [0.1, 0.15) is 45.4 Å². The Hall–Kier alpha value is -0.370. The van der Waals surface area contributed by atoms with Gasteiger partial charge in [0.2, 0.25) is 0 Å². The van der Waals surface area contributed by atoms with Crippen LogP contribution in [0, 0.1) is 5.41 Å². The molecule has 0 spiro atoms. The van der Waals surface area contributed by atoms with Crippen molar-refractivity contribution in [2.24, 2.45) is 5.41 Å². The van der Waals surface area contributed by atoms with E-state index in [9.17, 15) is 4.79 Å². The van der Waals surface area contributed by atoms with Gasteiger partial charge in [-0.3, -0.25) is 4.79 Å². The lowest BCUT2D eigenvalue weighted by Gasteiger charge is -2.47. The molecule has 2 rings (SSSR count). The number of carbonyl (C=O) groups excluding carboxylic acids is 1. The van der Waals surface area contributed by atoms with Gasteiger partial charge in [0.25, 0.3) is 0 Å². The summed E-state index contributed by atoms with van der Waals surface area (Å²) < 4.78 is 0. The maximum absolute atomic E-state index is 11.3. The normalized spacial score (nSPS) is 40.1. The van der Waals surface area contributed by atoms with Crippen LogP contribution < -0.4 is 5.32 Å². The van der Waals surface area contributed by atoms with E-state index in [1.54, 1.807) is 0 Å². The highest BCUT2D eigenvalue weighted by atomic mass is 16.1. The molecule has 0 aromatic heterocycles. The topological polar surface area (TPSA) is 29.1 Å². The zero-order valence-electron chi connectivity index (χ0n) is 8.44. The highest BCUT2D eigenvalue weighted by molar-refractivity contribution is 5.80. The summed E-state index contributed by atoms with van der Waals surface area (Å²) in [4.78, 5) is 11.3.